The first-order valence-corrected chi connectivity index (χ1v) is 14.3. The van der Waals surface area contributed by atoms with Crippen LogP contribution in [0.3, 0.4) is 0 Å². The first kappa shape index (κ1) is 30.0. The van der Waals surface area contributed by atoms with Crippen molar-refractivity contribution in [2.45, 2.75) is 43.4 Å². The van der Waals surface area contributed by atoms with Crippen LogP contribution in [0.4, 0.5) is 17.6 Å². The number of hydrogen-bond acceptors (Lipinski definition) is 7. The maximum atomic E-state index is 14.7. The molecule has 232 valence electrons. The lowest BCUT2D eigenvalue weighted by molar-refractivity contribution is -0.149. The predicted octanol–water partition coefficient (Wildman–Crippen LogP) is 6.20. The van der Waals surface area contributed by atoms with E-state index in [0.717, 1.165) is 19.1 Å². The van der Waals surface area contributed by atoms with E-state index in [1.165, 1.54) is 42.5 Å². The van der Waals surface area contributed by atoms with Crippen LogP contribution >= 0.6 is 0 Å². The third kappa shape index (κ3) is 5.92. The Labute approximate surface area is 255 Å². The topological polar surface area (TPSA) is 123 Å². The average Bonchev–Trinajstić information content (AvgIpc) is 3.77. The molecule has 8 nitrogen and oxygen atoms in total. The van der Waals surface area contributed by atoms with Crippen LogP contribution in [0.15, 0.2) is 72.6 Å². The van der Waals surface area contributed by atoms with Crippen LogP contribution in [-0.2, 0) is 5.41 Å². The van der Waals surface area contributed by atoms with E-state index >= 15 is 0 Å². The summed E-state index contributed by atoms with van der Waals surface area (Å²) in [5.41, 5.74) is 6.49. The summed E-state index contributed by atoms with van der Waals surface area (Å²) in [6.07, 6.45) is 0.884. The Morgan fingerprint density at radius 1 is 1.22 bits per heavy atom. The number of ether oxygens (including phenoxy) is 2. The van der Waals surface area contributed by atoms with Crippen molar-refractivity contribution >= 4 is 23.0 Å². The van der Waals surface area contributed by atoms with E-state index < -0.39 is 35.8 Å². The second-order valence-electron chi connectivity index (χ2n) is 11.4. The average molecular weight is 620 g/mol. The molecule has 6 rings (SSSR count). The van der Waals surface area contributed by atoms with Gasteiger partial charge in [0, 0.05) is 46.7 Å². The molecule has 1 aliphatic heterocycles. The van der Waals surface area contributed by atoms with Gasteiger partial charge in [-0.25, -0.2) is 9.37 Å². The normalized spacial score (nSPS) is 18.6. The molecule has 0 unspecified atom stereocenters. The number of alkyl halides is 3. The highest BCUT2D eigenvalue weighted by Gasteiger charge is 2.46. The van der Waals surface area contributed by atoms with Crippen LogP contribution in [0, 0.1) is 11.2 Å². The molecule has 1 fully saturated rings. The van der Waals surface area contributed by atoms with Crippen LogP contribution in [0.2, 0.25) is 0 Å². The smallest absolute Gasteiger partial charge is 0.398 e. The lowest BCUT2D eigenvalue weighted by Crippen LogP contribution is -2.36. The van der Waals surface area contributed by atoms with Gasteiger partial charge in [0.05, 0.1) is 17.2 Å². The minimum absolute atomic E-state index is 0.00661. The zero-order valence-electron chi connectivity index (χ0n) is 24.1. The largest absolute Gasteiger partial charge is 0.490 e. The number of benzene rings is 2. The molecule has 2 aliphatic rings. The van der Waals surface area contributed by atoms with Gasteiger partial charge in [-0.1, -0.05) is 6.07 Å². The molecule has 0 radical (unpaired) electrons. The monoisotopic (exact) mass is 619 g/mol. The minimum atomic E-state index is -4.81. The van der Waals surface area contributed by atoms with E-state index in [1.54, 1.807) is 31.3 Å². The van der Waals surface area contributed by atoms with Gasteiger partial charge >= 0.3 is 6.18 Å². The number of rotatable bonds is 9. The van der Waals surface area contributed by atoms with Crippen molar-refractivity contribution in [1.82, 2.24) is 15.3 Å². The number of fused-ring (bicyclic) bond motifs is 2. The third-order valence-corrected chi connectivity index (χ3v) is 8.08. The van der Waals surface area contributed by atoms with Gasteiger partial charge < -0.3 is 25.9 Å². The van der Waals surface area contributed by atoms with E-state index in [4.69, 9.17) is 20.6 Å². The molecule has 4 N–H and O–H groups in total. The molecule has 3 heterocycles. The number of carbonyl (C=O) groups excluding carboxylic acids is 1. The number of nitrogens with two attached hydrogens (primary N) is 1. The molecule has 1 saturated carbocycles. The molecular formula is C33H29F4N5O3. The number of carbonyl (C=O) groups is 1. The van der Waals surface area contributed by atoms with Gasteiger partial charge in [0.1, 0.15) is 41.1 Å². The van der Waals surface area contributed by atoms with E-state index in [2.05, 4.69) is 15.3 Å². The van der Waals surface area contributed by atoms with Crippen molar-refractivity contribution in [1.29, 1.82) is 5.41 Å². The van der Waals surface area contributed by atoms with Gasteiger partial charge in [0.25, 0.3) is 5.91 Å². The first-order valence-electron chi connectivity index (χ1n) is 14.3. The minimum Gasteiger partial charge on any atom is -0.490 e. The lowest BCUT2D eigenvalue weighted by Gasteiger charge is -2.26. The van der Waals surface area contributed by atoms with Crippen molar-refractivity contribution in [3.63, 3.8) is 0 Å². The number of nitrogens with zero attached hydrogens (tertiary/aromatic N) is 2. The van der Waals surface area contributed by atoms with E-state index in [-0.39, 0.29) is 41.1 Å². The summed E-state index contributed by atoms with van der Waals surface area (Å²) in [7, 11) is 0. The summed E-state index contributed by atoms with van der Waals surface area (Å²) < 4.78 is 69.8. The van der Waals surface area contributed by atoms with Gasteiger partial charge in [-0.15, -0.1) is 0 Å². The van der Waals surface area contributed by atoms with Crippen LogP contribution in [0.5, 0.6) is 11.5 Å². The summed E-state index contributed by atoms with van der Waals surface area (Å²) in [5.74, 6) is -2.85. The van der Waals surface area contributed by atoms with E-state index in [1.807, 2.05) is 0 Å². The molecule has 2 aromatic carbocycles. The van der Waals surface area contributed by atoms with Crippen LogP contribution in [0.1, 0.15) is 47.3 Å². The Balaban J connectivity index is 1.38. The zero-order chi connectivity index (χ0) is 31.9. The molecule has 0 spiro atoms. The van der Waals surface area contributed by atoms with Crippen molar-refractivity contribution in [3.05, 3.63) is 95.2 Å². The fraction of sp³-hybridized carbons (Fsp3) is 0.273. The Bertz CT molecular complexity index is 1820. The fourth-order valence-corrected chi connectivity index (χ4v) is 5.33. The van der Waals surface area contributed by atoms with Crippen molar-refractivity contribution in [2.75, 3.05) is 13.2 Å². The number of hydrogen-bond donors (Lipinski definition) is 3. The van der Waals surface area contributed by atoms with Gasteiger partial charge in [-0.2, -0.15) is 13.2 Å². The molecule has 0 bridgehead atoms. The molecule has 4 aromatic rings. The number of nitrogens with one attached hydrogen (secondary N) is 2. The number of halogens is 4. The zero-order valence-corrected chi connectivity index (χ0v) is 24.1. The Morgan fingerprint density at radius 2 is 1.98 bits per heavy atom. The standard InChI is InChI=1S/C33H29F4N5O3/c1-32(27(39)10-11-38)17-44-30-23(32)15-25(42-29(30)18-4-6-21(34)7-5-18)24(33(35,36)37)16-41-31(43)20-13-19-3-2-12-40-28(19)26(14-20)45-22-8-9-22/h2-7,10-15,22,24,38H,8-9,16-17,39H2,1H3,(H,41,43)/t24-,32+/m1/s1. The molecule has 2 aromatic heterocycles. The van der Waals surface area contributed by atoms with Crippen LogP contribution < -0.4 is 20.5 Å². The number of pyridine rings is 2. The predicted molar refractivity (Wildman–Crippen MR) is 160 cm³/mol. The Kier molecular flexibility index (Phi) is 7.67. The fourth-order valence-electron chi connectivity index (χ4n) is 5.33. The molecule has 45 heavy (non-hydrogen) atoms. The summed E-state index contributed by atoms with van der Waals surface area (Å²) in [6, 6.07) is 12.9. The second-order valence-corrected chi connectivity index (χ2v) is 11.4. The van der Waals surface area contributed by atoms with Crippen molar-refractivity contribution in [2.24, 2.45) is 5.73 Å². The summed E-state index contributed by atoms with van der Waals surface area (Å²) in [4.78, 5) is 22.0. The highest BCUT2D eigenvalue weighted by molar-refractivity contribution is 6.00. The number of aromatic nitrogens is 2. The van der Waals surface area contributed by atoms with E-state index in [9.17, 15) is 22.4 Å². The maximum Gasteiger partial charge on any atom is 0.398 e. The van der Waals surface area contributed by atoms with Gasteiger partial charge in [-0.05, 0) is 74.4 Å². The SMILES string of the molecule is C[C@]1(C(N)=CC=N)COc2c1cc([C@@H](CNC(=O)c1cc(OC3CC3)c3ncccc3c1)C(F)(F)F)nc2-c1ccc(F)cc1. The quantitative estimate of drug-likeness (QED) is 0.152. The Hall–Kier alpha value is -5.00. The highest BCUT2D eigenvalue weighted by Crippen LogP contribution is 2.48. The molecule has 1 amide bonds. The molecule has 0 saturated heterocycles. The lowest BCUT2D eigenvalue weighted by atomic mass is 9.80. The molecule has 2 atom stereocenters. The van der Waals surface area contributed by atoms with Crippen LogP contribution in [-0.4, -0.2) is 47.5 Å². The number of amides is 1. The van der Waals surface area contributed by atoms with Gasteiger partial charge in [-0.3, -0.25) is 9.78 Å². The molecular weight excluding hydrogens is 590 g/mol. The summed E-state index contributed by atoms with van der Waals surface area (Å²) >= 11 is 0. The highest BCUT2D eigenvalue weighted by atomic mass is 19.4. The van der Waals surface area contributed by atoms with E-state index in [0.29, 0.717) is 27.8 Å². The second kappa shape index (κ2) is 11.5. The number of allylic oxidation sites excluding steroid dienone is 1. The third-order valence-electron chi connectivity index (χ3n) is 8.08. The summed E-state index contributed by atoms with van der Waals surface area (Å²) in [5, 5.41) is 10.5. The van der Waals surface area contributed by atoms with Crippen LogP contribution in [0.25, 0.3) is 22.2 Å². The Morgan fingerprint density at radius 3 is 2.67 bits per heavy atom. The van der Waals surface area contributed by atoms with Crippen molar-refractivity contribution < 1.29 is 31.8 Å². The first-order chi connectivity index (χ1) is 21.5. The summed E-state index contributed by atoms with van der Waals surface area (Å²) in [6.45, 7) is 0.879. The molecule has 1 aliphatic carbocycles. The van der Waals surface area contributed by atoms with Crippen molar-refractivity contribution in [3.8, 4) is 22.8 Å². The maximum absolute atomic E-state index is 14.7. The molecule has 12 heteroatoms. The van der Waals surface area contributed by atoms with Gasteiger partial charge in [0.15, 0.2) is 0 Å². The van der Waals surface area contributed by atoms with Gasteiger partial charge in [0.2, 0.25) is 0 Å².